The molecular weight excluding hydrogens is 446 g/mol. The van der Waals surface area contributed by atoms with Crippen molar-refractivity contribution >= 4 is 22.7 Å². The largest absolute Gasteiger partial charge is 0.379 e. The number of ether oxygens (including phenoxy) is 1. The van der Waals surface area contributed by atoms with Crippen molar-refractivity contribution in [3.05, 3.63) is 75.1 Å². The molecule has 4 aliphatic rings. The SMILES string of the molecule is [C-]#[N+]c1ccc2c(c1)CC1=C2C(=O)c2cc(C#C)c(N3CCC(N4CCOCC4)CC3)cc2C1(C)C. The zero-order chi connectivity index (χ0) is 25.0. The number of carbonyl (C=O) groups excluding carboxylic acids is 1. The minimum Gasteiger partial charge on any atom is -0.379 e. The van der Waals surface area contributed by atoms with Crippen LogP contribution < -0.4 is 4.90 Å². The van der Waals surface area contributed by atoms with E-state index >= 15 is 0 Å². The summed E-state index contributed by atoms with van der Waals surface area (Å²) in [5.41, 5.74) is 7.99. The van der Waals surface area contributed by atoms with Crippen LogP contribution in [-0.2, 0) is 16.6 Å². The Morgan fingerprint density at radius 3 is 2.53 bits per heavy atom. The number of benzene rings is 2. The highest BCUT2D eigenvalue weighted by atomic mass is 16.5. The lowest BCUT2D eigenvalue weighted by Crippen LogP contribution is -2.49. The summed E-state index contributed by atoms with van der Waals surface area (Å²) in [5.74, 6) is 2.95. The predicted molar refractivity (Wildman–Crippen MR) is 143 cm³/mol. The molecule has 0 aromatic heterocycles. The molecule has 182 valence electrons. The molecule has 2 aromatic carbocycles. The quantitative estimate of drug-likeness (QED) is 0.451. The Morgan fingerprint density at radius 1 is 1.08 bits per heavy atom. The number of fused-ring (bicyclic) bond motifs is 3. The Labute approximate surface area is 213 Å². The van der Waals surface area contributed by atoms with Crippen LogP contribution in [0.15, 0.2) is 35.9 Å². The molecule has 0 saturated carbocycles. The second-order valence-corrected chi connectivity index (χ2v) is 10.9. The molecule has 2 aromatic rings. The monoisotopic (exact) mass is 477 g/mol. The molecule has 0 spiro atoms. The Morgan fingerprint density at radius 2 is 1.83 bits per heavy atom. The van der Waals surface area contributed by atoms with Crippen molar-refractivity contribution in [2.24, 2.45) is 0 Å². The van der Waals surface area contributed by atoms with Crippen molar-refractivity contribution in [3.63, 3.8) is 0 Å². The van der Waals surface area contributed by atoms with Crippen LogP contribution in [0, 0.1) is 18.9 Å². The van der Waals surface area contributed by atoms with Crippen LogP contribution in [0.2, 0.25) is 0 Å². The van der Waals surface area contributed by atoms with E-state index in [-0.39, 0.29) is 11.2 Å². The summed E-state index contributed by atoms with van der Waals surface area (Å²) in [5, 5.41) is 0. The molecule has 2 saturated heterocycles. The van der Waals surface area contributed by atoms with Crippen molar-refractivity contribution in [3.8, 4) is 12.3 Å². The lowest BCUT2D eigenvalue weighted by Gasteiger charge is -2.42. The Hall–Kier alpha value is -3.38. The lowest BCUT2D eigenvalue weighted by atomic mass is 9.68. The van der Waals surface area contributed by atoms with Gasteiger partial charge in [0.25, 0.3) is 0 Å². The first-order valence-corrected chi connectivity index (χ1v) is 12.9. The van der Waals surface area contributed by atoms with E-state index < -0.39 is 0 Å². The summed E-state index contributed by atoms with van der Waals surface area (Å²) >= 11 is 0. The van der Waals surface area contributed by atoms with Gasteiger partial charge >= 0.3 is 0 Å². The molecule has 2 heterocycles. The molecular formula is C31H31N3O2. The van der Waals surface area contributed by atoms with Crippen LogP contribution in [0.4, 0.5) is 11.4 Å². The molecule has 0 radical (unpaired) electrons. The summed E-state index contributed by atoms with van der Waals surface area (Å²) in [6.45, 7) is 17.4. The maximum Gasteiger partial charge on any atom is 0.193 e. The standard InChI is InChI=1S/C31H31N3O2/c1-5-20-17-25-26(19-28(20)34-10-8-23(9-11-34)33-12-14-36-15-13-33)31(2,3)27-18-21-16-22(32-4)6-7-24(21)29(27)30(25)35/h1,6-7,16-17,19,23H,8-15,18H2,2-3H3. The summed E-state index contributed by atoms with van der Waals surface area (Å²) in [6, 6.07) is 10.5. The molecule has 5 nitrogen and oxygen atoms in total. The molecule has 0 amide bonds. The fraction of sp³-hybridized carbons (Fsp3) is 0.419. The fourth-order valence-electron chi connectivity index (χ4n) is 6.66. The van der Waals surface area contributed by atoms with E-state index in [0.29, 0.717) is 18.2 Å². The molecule has 2 fully saturated rings. The van der Waals surface area contributed by atoms with Crippen LogP contribution in [0.5, 0.6) is 0 Å². The maximum atomic E-state index is 13.9. The molecule has 0 N–H and O–H groups in total. The number of hydrogen-bond acceptors (Lipinski definition) is 4. The highest BCUT2D eigenvalue weighted by molar-refractivity contribution is 6.33. The van der Waals surface area contributed by atoms with Gasteiger partial charge in [-0.2, -0.15) is 0 Å². The fourth-order valence-corrected chi connectivity index (χ4v) is 6.66. The number of carbonyl (C=O) groups is 1. The van der Waals surface area contributed by atoms with E-state index in [1.54, 1.807) is 0 Å². The molecule has 5 heteroatoms. The lowest BCUT2D eigenvalue weighted by molar-refractivity contribution is 0.0115. The van der Waals surface area contributed by atoms with E-state index in [1.807, 2.05) is 24.3 Å². The zero-order valence-corrected chi connectivity index (χ0v) is 21.1. The third-order valence-electron chi connectivity index (χ3n) is 8.71. The number of anilines is 1. The third-order valence-corrected chi connectivity index (χ3v) is 8.71. The van der Waals surface area contributed by atoms with Crippen molar-refractivity contribution < 1.29 is 9.53 Å². The van der Waals surface area contributed by atoms with Gasteiger partial charge in [-0.15, -0.1) is 6.42 Å². The van der Waals surface area contributed by atoms with Crippen LogP contribution in [0.25, 0.3) is 10.4 Å². The Balaban J connectivity index is 1.34. The van der Waals surface area contributed by atoms with E-state index in [0.717, 1.165) is 96.9 Å². The van der Waals surface area contributed by atoms with Gasteiger partial charge in [-0.1, -0.05) is 38.0 Å². The minimum absolute atomic E-state index is 0.0581. The summed E-state index contributed by atoms with van der Waals surface area (Å²) < 4.78 is 5.54. The highest BCUT2D eigenvalue weighted by Crippen LogP contribution is 2.51. The minimum atomic E-state index is -0.302. The van der Waals surface area contributed by atoms with Crippen LogP contribution in [0.3, 0.4) is 0 Å². The van der Waals surface area contributed by atoms with E-state index in [9.17, 15) is 4.79 Å². The number of terminal acetylenes is 1. The van der Waals surface area contributed by atoms with Gasteiger partial charge in [0, 0.05) is 54.3 Å². The van der Waals surface area contributed by atoms with Crippen molar-refractivity contribution in [2.45, 2.75) is 44.6 Å². The normalized spacial score (nSPS) is 21.4. The number of nitrogens with zero attached hydrogens (tertiary/aromatic N) is 3. The average molecular weight is 478 g/mol. The van der Waals surface area contributed by atoms with Gasteiger partial charge in [0.2, 0.25) is 0 Å². The maximum absolute atomic E-state index is 13.9. The van der Waals surface area contributed by atoms with Crippen LogP contribution in [0.1, 0.15) is 59.3 Å². The number of hydrogen-bond donors (Lipinski definition) is 0. The zero-order valence-electron chi connectivity index (χ0n) is 21.1. The Kier molecular flexibility index (Phi) is 5.52. The molecule has 0 unspecified atom stereocenters. The van der Waals surface area contributed by atoms with Crippen LogP contribution >= 0.6 is 0 Å². The van der Waals surface area contributed by atoms with Gasteiger partial charge in [0.15, 0.2) is 11.5 Å². The molecule has 2 aliphatic heterocycles. The van der Waals surface area contributed by atoms with E-state index in [2.05, 4.69) is 40.5 Å². The summed E-state index contributed by atoms with van der Waals surface area (Å²) in [7, 11) is 0. The van der Waals surface area contributed by atoms with E-state index in [1.165, 1.54) is 0 Å². The number of rotatable bonds is 2. The number of ketones is 1. The summed E-state index contributed by atoms with van der Waals surface area (Å²) in [6.07, 6.45) is 8.94. The first kappa shape index (κ1) is 23.0. The first-order valence-electron chi connectivity index (χ1n) is 12.9. The number of piperidine rings is 1. The second-order valence-electron chi connectivity index (χ2n) is 10.9. The first-order chi connectivity index (χ1) is 17.4. The molecule has 36 heavy (non-hydrogen) atoms. The van der Waals surface area contributed by atoms with Gasteiger partial charge in [0.05, 0.1) is 25.5 Å². The smallest absolute Gasteiger partial charge is 0.193 e. The number of allylic oxidation sites excluding steroid dienone is 2. The van der Waals surface area contributed by atoms with Crippen molar-refractivity contribution in [1.82, 2.24) is 4.90 Å². The van der Waals surface area contributed by atoms with Gasteiger partial charge in [-0.25, -0.2) is 4.85 Å². The van der Waals surface area contributed by atoms with Crippen LogP contribution in [-0.4, -0.2) is 56.1 Å². The van der Waals surface area contributed by atoms with Gasteiger partial charge < -0.3 is 9.64 Å². The van der Waals surface area contributed by atoms with Gasteiger partial charge in [-0.05, 0) is 53.7 Å². The molecule has 2 aliphatic carbocycles. The van der Waals surface area contributed by atoms with Crippen molar-refractivity contribution in [2.75, 3.05) is 44.3 Å². The molecule has 0 bridgehead atoms. The van der Waals surface area contributed by atoms with Crippen molar-refractivity contribution in [1.29, 1.82) is 0 Å². The average Bonchev–Trinajstić information content (AvgIpc) is 3.32. The second kappa shape index (κ2) is 8.63. The van der Waals surface area contributed by atoms with E-state index in [4.69, 9.17) is 17.7 Å². The van der Waals surface area contributed by atoms with Gasteiger partial charge in [-0.3, -0.25) is 9.69 Å². The number of Topliss-reactive ketones (excluding diaryl/α,β-unsaturated/α-hetero) is 1. The topological polar surface area (TPSA) is 37.1 Å². The van der Waals surface area contributed by atoms with Gasteiger partial charge in [0.1, 0.15) is 0 Å². The summed E-state index contributed by atoms with van der Waals surface area (Å²) in [4.78, 5) is 22.4. The number of morpholine rings is 1. The third kappa shape index (κ3) is 3.50. The Bertz CT molecular complexity index is 1370. The highest BCUT2D eigenvalue weighted by Gasteiger charge is 2.43. The molecule has 6 rings (SSSR count). The molecule has 0 atom stereocenters. The predicted octanol–water partition coefficient (Wildman–Crippen LogP) is 5.00.